The lowest BCUT2D eigenvalue weighted by atomic mass is 10.1. The van der Waals surface area contributed by atoms with Gasteiger partial charge in [-0.15, -0.1) is 0 Å². The molecular weight excluding hydrogens is 362 g/mol. The molecule has 7 heteroatoms. The maximum absolute atomic E-state index is 12.2. The van der Waals surface area contributed by atoms with E-state index in [0.29, 0.717) is 11.1 Å². The van der Waals surface area contributed by atoms with Gasteiger partial charge in [0.2, 0.25) is 0 Å². The van der Waals surface area contributed by atoms with Gasteiger partial charge in [-0.1, -0.05) is 30.3 Å². The lowest BCUT2D eigenvalue weighted by Gasteiger charge is -2.09. The zero-order valence-electron chi connectivity index (χ0n) is 15.0. The van der Waals surface area contributed by atoms with Crippen molar-refractivity contribution in [2.24, 2.45) is 0 Å². The van der Waals surface area contributed by atoms with Crippen LogP contribution in [0.25, 0.3) is 10.8 Å². The van der Waals surface area contributed by atoms with Crippen LogP contribution in [0.1, 0.15) is 20.7 Å². The molecule has 2 amide bonds. The monoisotopic (exact) mass is 379 g/mol. The van der Waals surface area contributed by atoms with Crippen LogP contribution in [-0.4, -0.2) is 36.6 Å². The summed E-state index contributed by atoms with van der Waals surface area (Å²) in [5, 5.41) is 13.6. The number of imide groups is 1. The average molecular weight is 379 g/mol. The maximum atomic E-state index is 12.2. The van der Waals surface area contributed by atoms with Gasteiger partial charge in [0.05, 0.1) is 7.11 Å². The van der Waals surface area contributed by atoms with Crippen molar-refractivity contribution in [2.45, 2.75) is 0 Å². The summed E-state index contributed by atoms with van der Waals surface area (Å²) in [7, 11) is 1.50. The normalized spacial score (nSPS) is 10.3. The molecule has 0 spiro atoms. The van der Waals surface area contributed by atoms with Crippen LogP contribution in [0.15, 0.2) is 60.7 Å². The fourth-order valence-corrected chi connectivity index (χ4v) is 2.61. The highest BCUT2D eigenvalue weighted by atomic mass is 16.5. The van der Waals surface area contributed by atoms with Gasteiger partial charge in [-0.3, -0.25) is 14.9 Å². The van der Waals surface area contributed by atoms with E-state index in [2.05, 4.69) is 5.32 Å². The second-order valence-electron chi connectivity index (χ2n) is 5.86. The maximum Gasteiger partial charge on any atom is 0.342 e. The topological polar surface area (TPSA) is 102 Å². The highest BCUT2D eigenvalue weighted by Gasteiger charge is 2.17. The van der Waals surface area contributed by atoms with Gasteiger partial charge in [0.1, 0.15) is 17.1 Å². The molecule has 3 rings (SSSR count). The Bertz CT molecular complexity index is 1040. The first-order valence-corrected chi connectivity index (χ1v) is 8.35. The van der Waals surface area contributed by atoms with Crippen LogP contribution in [0.5, 0.6) is 11.5 Å². The van der Waals surface area contributed by atoms with Crippen molar-refractivity contribution in [3.63, 3.8) is 0 Å². The largest absolute Gasteiger partial charge is 0.506 e. The highest BCUT2D eigenvalue weighted by Crippen LogP contribution is 2.28. The van der Waals surface area contributed by atoms with E-state index < -0.39 is 24.4 Å². The fourth-order valence-electron chi connectivity index (χ4n) is 2.61. The summed E-state index contributed by atoms with van der Waals surface area (Å²) in [6.07, 6.45) is 0. The number of carbonyl (C=O) groups is 3. The van der Waals surface area contributed by atoms with Crippen molar-refractivity contribution in [2.75, 3.05) is 13.7 Å². The van der Waals surface area contributed by atoms with Gasteiger partial charge in [-0.25, -0.2) is 4.79 Å². The van der Waals surface area contributed by atoms with Crippen LogP contribution >= 0.6 is 0 Å². The Morgan fingerprint density at radius 2 is 1.68 bits per heavy atom. The molecule has 0 unspecified atom stereocenters. The number of phenolic OH excluding ortho intramolecular Hbond substituents is 1. The first-order chi connectivity index (χ1) is 13.5. The number of hydrogen-bond acceptors (Lipinski definition) is 6. The van der Waals surface area contributed by atoms with E-state index in [1.807, 2.05) is 6.07 Å². The number of esters is 1. The zero-order chi connectivity index (χ0) is 20.1. The van der Waals surface area contributed by atoms with E-state index in [0.717, 1.165) is 5.39 Å². The minimum atomic E-state index is -0.865. The predicted molar refractivity (Wildman–Crippen MR) is 101 cm³/mol. The van der Waals surface area contributed by atoms with Crippen molar-refractivity contribution >= 4 is 28.6 Å². The number of nitrogens with one attached hydrogen (secondary N) is 1. The van der Waals surface area contributed by atoms with Crippen molar-refractivity contribution in [1.29, 1.82) is 0 Å². The first kappa shape index (κ1) is 18.9. The molecule has 28 heavy (non-hydrogen) atoms. The van der Waals surface area contributed by atoms with Gasteiger partial charge in [0, 0.05) is 10.9 Å². The summed E-state index contributed by atoms with van der Waals surface area (Å²) < 4.78 is 9.91. The van der Waals surface area contributed by atoms with Crippen LogP contribution in [0, 0.1) is 0 Å². The van der Waals surface area contributed by atoms with Gasteiger partial charge in [-0.05, 0) is 35.7 Å². The standard InChI is InChI=1S/C21H17NO6/c1-27-15-9-6-14(7-10-15)20(25)22-18(23)12-28-21(26)17-11-8-13-4-2-3-5-16(13)19(17)24/h2-11,24H,12H2,1H3,(H,22,23,25). The van der Waals surface area contributed by atoms with Crippen molar-refractivity contribution < 1.29 is 29.0 Å². The van der Waals surface area contributed by atoms with Gasteiger partial charge >= 0.3 is 5.97 Å². The molecule has 0 aliphatic heterocycles. The van der Waals surface area contributed by atoms with Gasteiger partial charge in [-0.2, -0.15) is 0 Å². The lowest BCUT2D eigenvalue weighted by molar-refractivity contribution is -0.123. The average Bonchev–Trinajstić information content (AvgIpc) is 2.72. The molecule has 0 bridgehead atoms. The molecule has 3 aromatic carbocycles. The number of amides is 2. The van der Waals surface area contributed by atoms with Crippen LogP contribution < -0.4 is 10.1 Å². The SMILES string of the molecule is COc1ccc(C(=O)NC(=O)COC(=O)c2ccc3ccccc3c2O)cc1. The number of benzene rings is 3. The number of fused-ring (bicyclic) bond motifs is 1. The van der Waals surface area contributed by atoms with Gasteiger partial charge < -0.3 is 14.6 Å². The Labute approximate surface area is 160 Å². The molecule has 0 aliphatic rings. The smallest absolute Gasteiger partial charge is 0.342 e. The Kier molecular flexibility index (Phi) is 5.55. The van der Waals surface area contributed by atoms with E-state index in [-0.39, 0.29) is 16.9 Å². The molecular formula is C21H17NO6. The van der Waals surface area contributed by atoms with Crippen molar-refractivity contribution in [1.82, 2.24) is 5.32 Å². The van der Waals surface area contributed by atoms with E-state index in [1.165, 1.54) is 25.3 Å². The molecule has 0 radical (unpaired) electrons. The second kappa shape index (κ2) is 8.22. The van der Waals surface area contributed by atoms with E-state index in [9.17, 15) is 19.5 Å². The van der Waals surface area contributed by atoms with Crippen molar-refractivity contribution in [3.8, 4) is 11.5 Å². The Morgan fingerprint density at radius 3 is 2.39 bits per heavy atom. The minimum Gasteiger partial charge on any atom is -0.506 e. The highest BCUT2D eigenvalue weighted by molar-refractivity contribution is 6.06. The Hall–Kier alpha value is -3.87. The van der Waals surface area contributed by atoms with E-state index in [4.69, 9.17) is 9.47 Å². The van der Waals surface area contributed by atoms with Gasteiger partial charge in [0.25, 0.3) is 11.8 Å². The summed E-state index contributed by atoms with van der Waals surface area (Å²) in [6.45, 7) is -0.660. The fraction of sp³-hybridized carbons (Fsp3) is 0.0952. The van der Waals surface area contributed by atoms with Gasteiger partial charge in [0.15, 0.2) is 6.61 Å². The first-order valence-electron chi connectivity index (χ1n) is 8.35. The number of ether oxygens (including phenoxy) is 2. The minimum absolute atomic E-state index is 0.0621. The number of methoxy groups -OCH3 is 1. The molecule has 7 nitrogen and oxygen atoms in total. The summed E-state index contributed by atoms with van der Waals surface area (Å²) in [5.41, 5.74) is 0.195. The third kappa shape index (κ3) is 4.09. The van der Waals surface area contributed by atoms with Crippen LogP contribution in [0.3, 0.4) is 0 Å². The number of aromatic hydroxyl groups is 1. The molecule has 0 saturated heterocycles. The molecule has 0 heterocycles. The summed E-state index contributed by atoms with van der Waals surface area (Å²) in [4.78, 5) is 36.1. The van der Waals surface area contributed by atoms with Crippen molar-refractivity contribution in [3.05, 3.63) is 71.8 Å². The number of rotatable bonds is 5. The molecule has 142 valence electrons. The molecule has 0 fully saturated rings. The van der Waals surface area contributed by atoms with E-state index >= 15 is 0 Å². The molecule has 0 aromatic heterocycles. The molecule has 0 atom stereocenters. The Balaban J connectivity index is 1.60. The Morgan fingerprint density at radius 1 is 0.964 bits per heavy atom. The molecule has 0 saturated carbocycles. The molecule has 3 aromatic rings. The van der Waals surface area contributed by atoms with Crippen LogP contribution in [0.4, 0.5) is 0 Å². The zero-order valence-corrected chi connectivity index (χ0v) is 15.0. The third-order valence-electron chi connectivity index (χ3n) is 4.06. The lowest BCUT2D eigenvalue weighted by Crippen LogP contribution is -2.34. The summed E-state index contributed by atoms with van der Waals surface area (Å²) in [6, 6.07) is 16.3. The quantitative estimate of drug-likeness (QED) is 0.661. The third-order valence-corrected chi connectivity index (χ3v) is 4.06. The summed E-state index contributed by atoms with van der Waals surface area (Å²) in [5.74, 6) is -1.92. The number of hydrogen-bond donors (Lipinski definition) is 2. The van der Waals surface area contributed by atoms with Crippen LogP contribution in [0.2, 0.25) is 0 Å². The number of phenols is 1. The number of carbonyl (C=O) groups excluding carboxylic acids is 3. The molecule has 0 aliphatic carbocycles. The predicted octanol–water partition coefficient (Wildman–Crippen LogP) is 2.67. The summed E-state index contributed by atoms with van der Waals surface area (Å²) >= 11 is 0. The van der Waals surface area contributed by atoms with Crippen LogP contribution in [-0.2, 0) is 9.53 Å². The second-order valence-corrected chi connectivity index (χ2v) is 5.86. The van der Waals surface area contributed by atoms with E-state index in [1.54, 1.807) is 36.4 Å². The molecule has 2 N–H and O–H groups in total.